The largest absolute Gasteiger partial charge is 0.350 e. The van der Waals surface area contributed by atoms with Gasteiger partial charge in [-0.1, -0.05) is 0 Å². The Bertz CT molecular complexity index is 814. The third-order valence-corrected chi connectivity index (χ3v) is 5.83. The van der Waals surface area contributed by atoms with Gasteiger partial charge in [0.2, 0.25) is 15.9 Å². The van der Waals surface area contributed by atoms with E-state index in [4.69, 9.17) is 0 Å². The van der Waals surface area contributed by atoms with E-state index in [9.17, 15) is 18.0 Å². The molecular formula is C17H24BrN3O4S. The van der Waals surface area contributed by atoms with Crippen LogP contribution >= 0.6 is 15.9 Å². The van der Waals surface area contributed by atoms with Crippen LogP contribution in [-0.4, -0.2) is 50.3 Å². The van der Waals surface area contributed by atoms with Crippen LogP contribution in [0.4, 0.5) is 0 Å². The molecule has 144 valence electrons. The van der Waals surface area contributed by atoms with Gasteiger partial charge in [0.05, 0.1) is 17.0 Å². The van der Waals surface area contributed by atoms with Gasteiger partial charge in [-0.25, -0.2) is 13.1 Å². The summed E-state index contributed by atoms with van der Waals surface area (Å²) in [5.74, 6) is -0.729. The van der Waals surface area contributed by atoms with E-state index in [1.54, 1.807) is 0 Å². The number of likely N-dealkylation sites (N-methyl/N-ethyl adjacent to an activating group) is 1. The summed E-state index contributed by atoms with van der Waals surface area (Å²) in [4.78, 5) is 26.0. The molecule has 0 radical (unpaired) electrons. The summed E-state index contributed by atoms with van der Waals surface area (Å²) in [6.45, 7) is 5.43. The van der Waals surface area contributed by atoms with Crippen LogP contribution in [0.25, 0.3) is 0 Å². The van der Waals surface area contributed by atoms with Gasteiger partial charge in [0.15, 0.2) is 0 Å². The number of hydrogen-bond acceptors (Lipinski definition) is 4. The molecule has 1 aromatic carbocycles. The Morgan fingerprint density at radius 1 is 1.27 bits per heavy atom. The van der Waals surface area contributed by atoms with Crippen LogP contribution in [0.5, 0.6) is 0 Å². The second-order valence-corrected chi connectivity index (χ2v) is 10.1. The maximum atomic E-state index is 12.7. The first-order valence-corrected chi connectivity index (χ1v) is 10.5. The van der Waals surface area contributed by atoms with Gasteiger partial charge >= 0.3 is 0 Å². The zero-order valence-electron chi connectivity index (χ0n) is 15.3. The average Bonchev–Trinajstić information content (AvgIpc) is 3.27. The molecule has 0 saturated heterocycles. The number of nitrogens with one attached hydrogen (secondary N) is 2. The minimum absolute atomic E-state index is 0.0217. The number of halogens is 1. The summed E-state index contributed by atoms with van der Waals surface area (Å²) in [5, 5.41) is 2.78. The highest BCUT2D eigenvalue weighted by molar-refractivity contribution is 9.10. The minimum Gasteiger partial charge on any atom is -0.350 e. The lowest BCUT2D eigenvalue weighted by molar-refractivity contribution is -0.122. The lowest BCUT2D eigenvalue weighted by Crippen LogP contribution is -2.46. The van der Waals surface area contributed by atoms with Gasteiger partial charge in [-0.15, -0.1) is 0 Å². The van der Waals surface area contributed by atoms with Crippen LogP contribution in [-0.2, 0) is 14.8 Å². The van der Waals surface area contributed by atoms with Gasteiger partial charge < -0.3 is 10.2 Å². The highest BCUT2D eigenvalue weighted by atomic mass is 79.9. The SMILES string of the molecule is CN(CC(=O)NC(C)(C)C)C(=O)c1cc(S(=O)(=O)NC2CC2)ccc1Br. The van der Waals surface area contributed by atoms with Crippen LogP contribution in [0.3, 0.4) is 0 Å². The number of amides is 2. The Kier molecular flexibility index (Phi) is 6.14. The van der Waals surface area contributed by atoms with Gasteiger partial charge in [-0.05, 0) is 67.7 Å². The number of sulfonamides is 1. The molecule has 1 aliphatic rings. The summed E-state index contributed by atoms with van der Waals surface area (Å²) in [6, 6.07) is 4.27. The highest BCUT2D eigenvalue weighted by Gasteiger charge is 2.29. The minimum atomic E-state index is -3.66. The van der Waals surface area contributed by atoms with Gasteiger partial charge in [0.25, 0.3) is 5.91 Å². The second-order valence-electron chi connectivity index (χ2n) is 7.50. The zero-order chi connectivity index (χ0) is 19.7. The van der Waals surface area contributed by atoms with E-state index in [1.165, 1.54) is 30.1 Å². The van der Waals surface area contributed by atoms with E-state index in [0.717, 1.165) is 12.8 Å². The molecule has 0 bridgehead atoms. The molecule has 0 aromatic heterocycles. The maximum absolute atomic E-state index is 12.7. The van der Waals surface area contributed by atoms with Crippen molar-refractivity contribution < 1.29 is 18.0 Å². The van der Waals surface area contributed by atoms with Crippen molar-refractivity contribution in [1.82, 2.24) is 14.9 Å². The van der Waals surface area contributed by atoms with Crippen molar-refractivity contribution in [2.45, 2.75) is 50.1 Å². The molecule has 2 N–H and O–H groups in total. The molecule has 2 amide bonds. The fourth-order valence-corrected chi connectivity index (χ4v) is 4.02. The summed E-state index contributed by atoms with van der Waals surface area (Å²) in [5.41, 5.74) is -0.209. The molecule has 0 unspecified atom stereocenters. The smallest absolute Gasteiger partial charge is 0.255 e. The predicted molar refractivity (Wildman–Crippen MR) is 102 cm³/mol. The topological polar surface area (TPSA) is 95.6 Å². The third-order valence-electron chi connectivity index (χ3n) is 3.62. The molecular weight excluding hydrogens is 422 g/mol. The molecule has 9 heteroatoms. The van der Waals surface area contributed by atoms with Crippen molar-refractivity contribution in [1.29, 1.82) is 0 Å². The molecule has 1 fully saturated rings. The van der Waals surface area contributed by atoms with Gasteiger partial charge in [0.1, 0.15) is 0 Å². The average molecular weight is 446 g/mol. The standard InChI is InChI=1S/C17H24BrN3O4S/c1-17(2,3)19-15(22)10-21(4)16(23)13-9-12(7-8-14(13)18)26(24,25)20-11-5-6-11/h7-9,11,20H,5-6,10H2,1-4H3,(H,19,22). The molecule has 0 heterocycles. The number of carbonyl (C=O) groups excluding carboxylic acids is 2. The fraction of sp³-hybridized carbons (Fsp3) is 0.529. The number of nitrogens with zero attached hydrogens (tertiary/aromatic N) is 1. The Labute approximate surface area is 162 Å². The molecule has 0 aliphatic heterocycles. The number of hydrogen-bond donors (Lipinski definition) is 2. The quantitative estimate of drug-likeness (QED) is 0.698. The molecule has 0 spiro atoms. The lowest BCUT2D eigenvalue weighted by atomic mass is 10.1. The van der Waals surface area contributed by atoms with Gasteiger partial charge in [-0.2, -0.15) is 0 Å². The van der Waals surface area contributed by atoms with Crippen LogP contribution in [0.1, 0.15) is 44.0 Å². The van der Waals surface area contributed by atoms with E-state index in [1.807, 2.05) is 20.8 Å². The molecule has 2 rings (SSSR count). The van der Waals surface area contributed by atoms with Crippen LogP contribution in [0, 0.1) is 0 Å². The summed E-state index contributed by atoms with van der Waals surface area (Å²) in [7, 11) is -2.16. The number of benzene rings is 1. The molecule has 0 atom stereocenters. The lowest BCUT2D eigenvalue weighted by Gasteiger charge is -2.23. The van der Waals surface area contributed by atoms with Crippen LogP contribution < -0.4 is 10.0 Å². The molecule has 1 saturated carbocycles. The Hall–Kier alpha value is -1.45. The van der Waals surface area contributed by atoms with Crippen molar-refractivity contribution in [2.24, 2.45) is 0 Å². The highest BCUT2D eigenvalue weighted by Crippen LogP contribution is 2.25. The monoisotopic (exact) mass is 445 g/mol. The third kappa shape index (κ3) is 5.78. The molecule has 7 nitrogen and oxygen atoms in total. The van der Waals surface area contributed by atoms with Crippen molar-refractivity contribution >= 4 is 37.8 Å². The first kappa shape index (κ1) is 20.9. The number of rotatable bonds is 6. The predicted octanol–water partition coefficient (Wildman–Crippen LogP) is 1.88. The molecule has 26 heavy (non-hydrogen) atoms. The van der Waals surface area contributed by atoms with E-state index in [0.29, 0.717) is 4.47 Å². The van der Waals surface area contributed by atoms with Crippen molar-refractivity contribution in [3.05, 3.63) is 28.2 Å². The summed E-state index contributed by atoms with van der Waals surface area (Å²) >= 11 is 3.28. The van der Waals surface area contributed by atoms with E-state index < -0.39 is 21.5 Å². The van der Waals surface area contributed by atoms with Crippen LogP contribution in [0.15, 0.2) is 27.6 Å². The Morgan fingerprint density at radius 3 is 2.42 bits per heavy atom. The zero-order valence-corrected chi connectivity index (χ0v) is 17.7. The Balaban J connectivity index is 2.17. The van der Waals surface area contributed by atoms with E-state index in [2.05, 4.69) is 26.0 Å². The first-order valence-electron chi connectivity index (χ1n) is 8.27. The van der Waals surface area contributed by atoms with Gasteiger partial charge in [0, 0.05) is 23.1 Å². The Morgan fingerprint density at radius 2 is 1.88 bits per heavy atom. The maximum Gasteiger partial charge on any atom is 0.255 e. The van der Waals surface area contributed by atoms with E-state index in [-0.39, 0.29) is 29.0 Å². The van der Waals surface area contributed by atoms with Crippen molar-refractivity contribution in [2.75, 3.05) is 13.6 Å². The molecule has 1 aliphatic carbocycles. The molecule has 1 aromatic rings. The van der Waals surface area contributed by atoms with Crippen molar-refractivity contribution in [3.8, 4) is 0 Å². The number of carbonyl (C=O) groups is 2. The summed E-state index contributed by atoms with van der Waals surface area (Å²) in [6.07, 6.45) is 1.65. The normalized spacial score (nSPS) is 14.8. The van der Waals surface area contributed by atoms with E-state index >= 15 is 0 Å². The van der Waals surface area contributed by atoms with Crippen LogP contribution in [0.2, 0.25) is 0 Å². The fourth-order valence-electron chi connectivity index (χ4n) is 2.27. The summed E-state index contributed by atoms with van der Waals surface area (Å²) < 4.78 is 27.8. The van der Waals surface area contributed by atoms with Gasteiger partial charge in [-0.3, -0.25) is 9.59 Å². The first-order chi connectivity index (χ1) is 11.9. The van der Waals surface area contributed by atoms with Crippen molar-refractivity contribution in [3.63, 3.8) is 0 Å². The second kappa shape index (κ2) is 7.66.